The molecule has 7 heteroatoms. The lowest BCUT2D eigenvalue weighted by atomic mass is 9.89. The minimum atomic E-state index is -0.863. The molecule has 1 aromatic heterocycles. The lowest BCUT2D eigenvalue weighted by molar-refractivity contribution is -0.141. The molecule has 2 heterocycles. The van der Waals surface area contributed by atoms with E-state index in [9.17, 15) is 14.7 Å². The van der Waals surface area contributed by atoms with Crippen molar-refractivity contribution in [3.63, 3.8) is 0 Å². The van der Waals surface area contributed by atoms with Crippen molar-refractivity contribution in [2.24, 2.45) is 5.92 Å². The Morgan fingerprint density at radius 3 is 2.65 bits per heavy atom. The van der Waals surface area contributed by atoms with Crippen LogP contribution >= 0.6 is 22.9 Å². The molecule has 0 aliphatic carbocycles. The molecule has 1 aliphatic rings. The molecule has 0 bridgehead atoms. The van der Waals surface area contributed by atoms with Gasteiger partial charge in [0.1, 0.15) is 0 Å². The number of carboxylic acid groups (broad SMARTS) is 1. The van der Waals surface area contributed by atoms with Gasteiger partial charge in [-0.2, -0.15) is 0 Å². The molecule has 1 fully saturated rings. The molecule has 1 N–H and O–H groups in total. The fourth-order valence-electron chi connectivity index (χ4n) is 3.41. The van der Waals surface area contributed by atoms with Crippen molar-refractivity contribution >= 4 is 34.8 Å². The van der Waals surface area contributed by atoms with Crippen LogP contribution in [0.1, 0.15) is 35.0 Å². The lowest BCUT2D eigenvalue weighted by Gasteiger charge is -2.16. The average molecular weight is 393 g/mol. The van der Waals surface area contributed by atoms with E-state index in [1.807, 2.05) is 24.4 Å². The van der Waals surface area contributed by atoms with Crippen LogP contribution in [0.15, 0.2) is 29.6 Å². The van der Waals surface area contributed by atoms with E-state index in [4.69, 9.17) is 11.6 Å². The summed E-state index contributed by atoms with van der Waals surface area (Å²) in [4.78, 5) is 30.3. The van der Waals surface area contributed by atoms with Crippen molar-refractivity contribution in [3.8, 4) is 0 Å². The number of halogens is 1. The van der Waals surface area contributed by atoms with Crippen LogP contribution in [0.2, 0.25) is 5.02 Å². The first kappa shape index (κ1) is 18.9. The number of hydrogen-bond donors (Lipinski definition) is 1. The summed E-state index contributed by atoms with van der Waals surface area (Å²) >= 11 is 7.53. The number of amides is 1. The van der Waals surface area contributed by atoms with Gasteiger partial charge in [-0.1, -0.05) is 23.7 Å². The number of carbonyl (C=O) groups excluding carboxylic acids is 1. The molecular weight excluding hydrogens is 372 g/mol. The van der Waals surface area contributed by atoms with Crippen LogP contribution in [0.5, 0.6) is 0 Å². The largest absolute Gasteiger partial charge is 0.481 e. The highest BCUT2D eigenvalue weighted by atomic mass is 35.5. The standard InChI is InChI=1S/C19H21ClN2O3S/c1-12-21-15(11-26-12)3-2-4-18(23)22-9-16(17(10-22)19(24)25)13-5-7-14(20)8-6-13/h5-8,11,16-17H,2-4,9-10H2,1H3,(H,24,25)/t16-,17+/m0/s1. The Kier molecular flexibility index (Phi) is 5.94. The van der Waals surface area contributed by atoms with E-state index in [2.05, 4.69) is 4.98 Å². The van der Waals surface area contributed by atoms with E-state index in [0.29, 0.717) is 18.0 Å². The Balaban J connectivity index is 1.60. The molecule has 5 nitrogen and oxygen atoms in total. The highest BCUT2D eigenvalue weighted by molar-refractivity contribution is 7.09. The van der Waals surface area contributed by atoms with E-state index in [-0.39, 0.29) is 18.4 Å². The van der Waals surface area contributed by atoms with E-state index >= 15 is 0 Å². The van der Waals surface area contributed by atoms with Crippen molar-refractivity contribution in [3.05, 3.63) is 50.9 Å². The zero-order valence-corrected chi connectivity index (χ0v) is 16.1. The molecule has 0 unspecified atom stereocenters. The maximum absolute atomic E-state index is 12.5. The molecule has 26 heavy (non-hydrogen) atoms. The number of thiazole rings is 1. The fraction of sp³-hybridized carbons (Fsp3) is 0.421. The summed E-state index contributed by atoms with van der Waals surface area (Å²) in [6.07, 6.45) is 1.91. The highest BCUT2D eigenvalue weighted by Gasteiger charge is 2.40. The Labute approximate surface area is 161 Å². The third-order valence-electron chi connectivity index (χ3n) is 4.78. The summed E-state index contributed by atoms with van der Waals surface area (Å²) < 4.78 is 0. The molecular formula is C19H21ClN2O3S. The maximum atomic E-state index is 12.5. The minimum absolute atomic E-state index is 0.0136. The second-order valence-electron chi connectivity index (χ2n) is 6.61. The van der Waals surface area contributed by atoms with Crippen molar-refractivity contribution in [1.82, 2.24) is 9.88 Å². The first-order valence-electron chi connectivity index (χ1n) is 8.61. The Bertz CT molecular complexity index is 790. The number of aryl methyl sites for hydroxylation is 2. The molecule has 138 valence electrons. The number of aromatic nitrogens is 1. The van der Waals surface area contributed by atoms with E-state index in [1.165, 1.54) is 0 Å². The van der Waals surface area contributed by atoms with Gasteiger partial charge in [0, 0.05) is 35.8 Å². The molecule has 1 saturated heterocycles. The minimum Gasteiger partial charge on any atom is -0.481 e. The summed E-state index contributed by atoms with van der Waals surface area (Å²) in [5, 5.41) is 13.2. The molecule has 1 aromatic carbocycles. The van der Waals surface area contributed by atoms with E-state index in [1.54, 1.807) is 28.4 Å². The topological polar surface area (TPSA) is 70.5 Å². The number of carbonyl (C=O) groups is 2. The number of rotatable bonds is 6. The Morgan fingerprint density at radius 1 is 1.31 bits per heavy atom. The predicted molar refractivity (Wildman–Crippen MR) is 102 cm³/mol. The monoisotopic (exact) mass is 392 g/mol. The summed E-state index contributed by atoms with van der Waals surface area (Å²) in [5.41, 5.74) is 1.93. The normalized spacial score (nSPS) is 19.7. The van der Waals surface area contributed by atoms with Gasteiger partial charge in [-0.05, 0) is 37.5 Å². The predicted octanol–water partition coefficient (Wildman–Crippen LogP) is 3.75. The average Bonchev–Trinajstić information content (AvgIpc) is 3.22. The second kappa shape index (κ2) is 8.18. The third-order valence-corrected chi connectivity index (χ3v) is 5.85. The number of carboxylic acids is 1. The highest BCUT2D eigenvalue weighted by Crippen LogP contribution is 2.34. The van der Waals surface area contributed by atoms with Crippen molar-refractivity contribution in [2.75, 3.05) is 13.1 Å². The van der Waals surface area contributed by atoms with E-state index in [0.717, 1.165) is 29.1 Å². The quantitative estimate of drug-likeness (QED) is 0.812. The number of hydrogen-bond acceptors (Lipinski definition) is 4. The molecule has 0 spiro atoms. The molecule has 0 radical (unpaired) electrons. The first-order chi connectivity index (χ1) is 12.4. The number of benzene rings is 1. The van der Waals surface area contributed by atoms with Crippen LogP contribution in [0.25, 0.3) is 0 Å². The summed E-state index contributed by atoms with van der Waals surface area (Å²) in [6, 6.07) is 7.22. The second-order valence-corrected chi connectivity index (χ2v) is 8.11. The number of likely N-dealkylation sites (tertiary alicyclic amines) is 1. The van der Waals surface area contributed by atoms with Crippen molar-refractivity contribution in [1.29, 1.82) is 0 Å². The van der Waals surface area contributed by atoms with Crippen molar-refractivity contribution < 1.29 is 14.7 Å². The van der Waals surface area contributed by atoms with Gasteiger partial charge in [0.15, 0.2) is 0 Å². The van der Waals surface area contributed by atoms with Crippen LogP contribution in [0.4, 0.5) is 0 Å². The molecule has 3 rings (SSSR count). The summed E-state index contributed by atoms with van der Waals surface area (Å²) in [7, 11) is 0. The van der Waals surface area contributed by atoms with Crippen LogP contribution in [0.3, 0.4) is 0 Å². The number of nitrogens with zero attached hydrogens (tertiary/aromatic N) is 2. The Morgan fingerprint density at radius 2 is 2.04 bits per heavy atom. The van der Waals surface area contributed by atoms with Gasteiger partial charge in [-0.25, -0.2) is 4.98 Å². The van der Waals surface area contributed by atoms with Gasteiger partial charge in [-0.15, -0.1) is 11.3 Å². The van der Waals surface area contributed by atoms with Gasteiger partial charge in [0.05, 0.1) is 16.6 Å². The van der Waals surface area contributed by atoms with Crippen LogP contribution in [-0.4, -0.2) is 40.0 Å². The fourth-order valence-corrected chi connectivity index (χ4v) is 4.18. The van der Waals surface area contributed by atoms with Crippen molar-refractivity contribution in [2.45, 2.75) is 32.1 Å². The number of aliphatic carboxylic acids is 1. The van der Waals surface area contributed by atoms with Crippen LogP contribution < -0.4 is 0 Å². The van der Waals surface area contributed by atoms with Gasteiger partial charge >= 0.3 is 5.97 Å². The van der Waals surface area contributed by atoms with Crippen LogP contribution in [-0.2, 0) is 16.0 Å². The molecule has 2 aromatic rings. The van der Waals surface area contributed by atoms with Gasteiger partial charge in [0.25, 0.3) is 0 Å². The molecule has 2 atom stereocenters. The first-order valence-corrected chi connectivity index (χ1v) is 9.87. The van der Waals surface area contributed by atoms with Gasteiger partial charge in [-0.3, -0.25) is 9.59 Å². The molecule has 1 amide bonds. The summed E-state index contributed by atoms with van der Waals surface area (Å²) in [6.45, 7) is 2.66. The Hall–Kier alpha value is -1.92. The zero-order valence-electron chi connectivity index (χ0n) is 14.5. The van der Waals surface area contributed by atoms with Gasteiger partial charge < -0.3 is 10.0 Å². The molecule has 1 aliphatic heterocycles. The van der Waals surface area contributed by atoms with Gasteiger partial charge in [0.2, 0.25) is 5.91 Å². The summed E-state index contributed by atoms with van der Waals surface area (Å²) in [5.74, 6) is -1.63. The lowest BCUT2D eigenvalue weighted by Crippen LogP contribution is -2.29. The smallest absolute Gasteiger partial charge is 0.308 e. The maximum Gasteiger partial charge on any atom is 0.308 e. The van der Waals surface area contributed by atoms with Crippen LogP contribution in [0, 0.1) is 12.8 Å². The SMILES string of the molecule is Cc1nc(CCCC(=O)N2C[C@@H](C(=O)O)[C@H](c3ccc(Cl)cc3)C2)cs1. The molecule has 0 saturated carbocycles. The van der Waals surface area contributed by atoms with E-state index < -0.39 is 11.9 Å². The zero-order chi connectivity index (χ0) is 18.7. The third kappa shape index (κ3) is 4.43.